The topological polar surface area (TPSA) is 15.3 Å². The van der Waals surface area contributed by atoms with Crippen molar-refractivity contribution in [3.8, 4) is 0 Å². The molecule has 0 aliphatic carbocycles. The van der Waals surface area contributed by atoms with Gasteiger partial charge in [0.05, 0.1) is 0 Å². The Kier molecular flexibility index (Phi) is 5.71. The summed E-state index contributed by atoms with van der Waals surface area (Å²) in [6.45, 7) is 4.68. The molecule has 1 saturated heterocycles. The Bertz CT molecular complexity index is 346. The van der Waals surface area contributed by atoms with E-state index in [1.807, 2.05) is 7.05 Å². The minimum Gasteiger partial charge on any atom is -0.372 e. The summed E-state index contributed by atoms with van der Waals surface area (Å²) in [7, 11) is 2.04. The lowest BCUT2D eigenvalue weighted by molar-refractivity contribution is 0.556. The minimum atomic E-state index is 0.487. The zero-order valence-electron chi connectivity index (χ0n) is 12.5. The molecule has 19 heavy (non-hydrogen) atoms. The highest BCUT2D eigenvalue weighted by Crippen LogP contribution is 2.23. The summed E-state index contributed by atoms with van der Waals surface area (Å²) in [6.07, 6.45) is 8.04. The van der Waals surface area contributed by atoms with Crippen LogP contribution >= 0.6 is 0 Å². The van der Waals surface area contributed by atoms with Crippen LogP contribution in [0, 0.1) is 0 Å². The number of hydrogen-bond acceptors (Lipinski definition) is 2. The summed E-state index contributed by atoms with van der Waals surface area (Å²) in [6, 6.07) is 9.67. The van der Waals surface area contributed by atoms with Gasteiger partial charge in [-0.05, 0) is 44.0 Å². The van der Waals surface area contributed by atoms with Crippen LogP contribution in [0.2, 0.25) is 0 Å². The van der Waals surface area contributed by atoms with Crippen LogP contribution in [-0.4, -0.2) is 20.1 Å². The van der Waals surface area contributed by atoms with Gasteiger partial charge in [0, 0.05) is 24.8 Å². The molecule has 2 nitrogen and oxygen atoms in total. The van der Waals surface area contributed by atoms with Gasteiger partial charge in [-0.25, -0.2) is 0 Å². The summed E-state index contributed by atoms with van der Waals surface area (Å²) in [5, 5.41) is 3.37. The summed E-state index contributed by atoms with van der Waals surface area (Å²) in [4.78, 5) is 2.56. The molecule has 1 atom stereocenters. The highest BCUT2D eigenvalue weighted by Gasteiger charge is 2.10. The zero-order chi connectivity index (χ0) is 13.5. The first-order valence-electron chi connectivity index (χ1n) is 7.87. The van der Waals surface area contributed by atoms with Gasteiger partial charge in [0.2, 0.25) is 0 Å². The third-order valence-corrected chi connectivity index (χ3v) is 4.27. The molecule has 1 aliphatic heterocycles. The molecular weight excluding hydrogens is 232 g/mol. The van der Waals surface area contributed by atoms with Gasteiger partial charge in [-0.1, -0.05) is 38.3 Å². The smallest absolute Gasteiger partial charge is 0.0366 e. The first kappa shape index (κ1) is 14.4. The molecule has 0 bridgehead atoms. The van der Waals surface area contributed by atoms with Gasteiger partial charge >= 0.3 is 0 Å². The third kappa shape index (κ3) is 3.97. The fourth-order valence-electron chi connectivity index (χ4n) is 3.03. The Balaban J connectivity index is 2.03. The average Bonchev–Trinajstić information content (AvgIpc) is 2.41. The van der Waals surface area contributed by atoms with Crippen LogP contribution < -0.4 is 10.2 Å². The van der Waals surface area contributed by atoms with Crippen molar-refractivity contribution in [3.63, 3.8) is 0 Å². The van der Waals surface area contributed by atoms with E-state index in [-0.39, 0.29) is 0 Å². The second kappa shape index (κ2) is 7.54. The van der Waals surface area contributed by atoms with Crippen LogP contribution in [-0.2, 0) is 0 Å². The van der Waals surface area contributed by atoms with E-state index >= 15 is 0 Å². The molecule has 0 saturated carbocycles. The molecule has 2 rings (SSSR count). The fraction of sp³-hybridized carbons (Fsp3) is 0.647. The van der Waals surface area contributed by atoms with Gasteiger partial charge < -0.3 is 10.2 Å². The maximum atomic E-state index is 3.37. The lowest BCUT2D eigenvalue weighted by atomic mass is 10.0. The lowest BCUT2D eigenvalue weighted by Gasteiger charge is -2.27. The number of anilines is 1. The standard InChI is InChI=1S/C17H28N2/c1-3-17(18-2)15-9-11-16(12-10-15)19-13-7-5-4-6-8-14-19/h9-12,17-18H,3-8,13-14H2,1-2H3. The molecule has 2 heteroatoms. The average molecular weight is 260 g/mol. The third-order valence-electron chi connectivity index (χ3n) is 4.27. The quantitative estimate of drug-likeness (QED) is 0.875. The van der Waals surface area contributed by atoms with E-state index in [1.54, 1.807) is 0 Å². The molecule has 0 spiro atoms. The molecule has 1 heterocycles. The van der Waals surface area contributed by atoms with Crippen molar-refractivity contribution in [3.05, 3.63) is 29.8 Å². The molecule has 1 N–H and O–H groups in total. The van der Waals surface area contributed by atoms with Crippen molar-refractivity contribution in [2.45, 2.75) is 51.5 Å². The predicted octanol–water partition coefficient (Wildman–Crippen LogP) is 4.13. The monoisotopic (exact) mass is 260 g/mol. The van der Waals surface area contributed by atoms with Crippen molar-refractivity contribution in [1.29, 1.82) is 0 Å². The molecule has 1 unspecified atom stereocenters. The first-order valence-corrected chi connectivity index (χ1v) is 7.87. The maximum Gasteiger partial charge on any atom is 0.0366 e. The van der Waals surface area contributed by atoms with Crippen molar-refractivity contribution in [2.75, 3.05) is 25.0 Å². The van der Waals surface area contributed by atoms with E-state index in [2.05, 4.69) is 41.4 Å². The number of nitrogens with zero attached hydrogens (tertiary/aromatic N) is 1. The highest BCUT2D eigenvalue weighted by molar-refractivity contribution is 5.48. The number of hydrogen-bond donors (Lipinski definition) is 1. The Labute approximate surface area is 118 Å². The second-order valence-electron chi connectivity index (χ2n) is 5.60. The van der Waals surface area contributed by atoms with Crippen LogP contribution in [0.25, 0.3) is 0 Å². The van der Waals surface area contributed by atoms with Crippen LogP contribution in [0.15, 0.2) is 24.3 Å². The van der Waals surface area contributed by atoms with E-state index in [1.165, 1.54) is 56.4 Å². The number of benzene rings is 1. The molecular formula is C17H28N2. The zero-order valence-corrected chi connectivity index (χ0v) is 12.5. The second-order valence-corrected chi connectivity index (χ2v) is 5.60. The number of nitrogens with one attached hydrogen (secondary N) is 1. The summed E-state index contributed by atoms with van der Waals surface area (Å²) < 4.78 is 0. The van der Waals surface area contributed by atoms with Gasteiger partial charge in [0.15, 0.2) is 0 Å². The van der Waals surface area contributed by atoms with Crippen molar-refractivity contribution < 1.29 is 0 Å². The normalized spacial score (nSPS) is 18.7. The number of rotatable bonds is 4. The van der Waals surface area contributed by atoms with Crippen LogP contribution in [0.3, 0.4) is 0 Å². The van der Waals surface area contributed by atoms with E-state index in [0.29, 0.717) is 6.04 Å². The van der Waals surface area contributed by atoms with Crippen molar-refractivity contribution in [2.24, 2.45) is 0 Å². The van der Waals surface area contributed by atoms with Gasteiger partial charge in [-0.3, -0.25) is 0 Å². The van der Waals surface area contributed by atoms with Gasteiger partial charge in [-0.2, -0.15) is 0 Å². The fourth-order valence-corrected chi connectivity index (χ4v) is 3.03. The Morgan fingerprint density at radius 1 is 1.00 bits per heavy atom. The molecule has 0 amide bonds. The largest absolute Gasteiger partial charge is 0.372 e. The molecule has 1 aromatic rings. The molecule has 0 aromatic heterocycles. The van der Waals surface area contributed by atoms with E-state index in [4.69, 9.17) is 0 Å². The van der Waals surface area contributed by atoms with Gasteiger partial charge in [-0.15, -0.1) is 0 Å². The van der Waals surface area contributed by atoms with Crippen molar-refractivity contribution >= 4 is 5.69 Å². The summed E-state index contributed by atoms with van der Waals surface area (Å²) >= 11 is 0. The SMILES string of the molecule is CCC(NC)c1ccc(N2CCCCCCC2)cc1. The summed E-state index contributed by atoms with van der Waals surface area (Å²) in [5.41, 5.74) is 2.80. The highest BCUT2D eigenvalue weighted by atomic mass is 15.1. The predicted molar refractivity (Wildman–Crippen MR) is 83.8 cm³/mol. The van der Waals surface area contributed by atoms with Gasteiger partial charge in [0.1, 0.15) is 0 Å². The molecule has 1 aromatic carbocycles. The van der Waals surface area contributed by atoms with Crippen molar-refractivity contribution in [1.82, 2.24) is 5.32 Å². The lowest BCUT2D eigenvalue weighted by Crippen LogP contribution is -2.27. The van der Waals surface area contributed by atoms with E-state index < -0.39 is 0 Å². The Morgan fingerprint density at radius 3 is 2.11 bits per heavy atom. The van der Waals surface area contributed by atoms with E-state index in [9.17, 15) is 0 Å². The van der Waals surface area contributed by atoms with Crippen LogP contribution in [0.5, 0.6) is 0 Å². The van der Waals surface area contributed by atoms with Crippen LogP contribution in [0.1, 0.15) is 57.1 Å². The van der Waals surface area contributed by atoms with E-state index in [0.717, 1.165) is 6.42 Å². The van der Waals surface area contributed by atoms with Crippen LogP contribution in [0.4, 0.5) is 5.69 Å². The summed E-state index contributed by atoms with van der Waals surface area (Å²) in [5.74, 6) is 0. The minimum absolute atomic E-state index is 0.487. The molecule has 0 radical (unpaired) electrons. The first-order chi connectivity index (χ1) is 9.35. The van der Waals surface area contributed by atoms with Gasteiger partial charge in [0.25, 0.3) is 0 Å². The molecule has 1 aliphatic rings. The molecule has 106 valence electrons. The molecule has 1 fully saturated rings. The Morgan fingerprint density at radius 2 is 1.58 bits per heavy atom. The Hall–Kier alpha value is -1.02. The maximum absolute atomic E-state index is 3.37.